The summed E-state index contributed by atoms with van der Waals surface area (Å²) in [4.78, 5) is 10.3. The van der Waals surface area contributed by atoms with E-state index in [-0.39, 0.29) is 6.61 Å². The van der Waals surface area contributed by atoms with Gasteiger partial charge >= 0.3 is 0 Å². The number of benzene rings is 2. The fraction of sp³-hybridized carbons (Fsp3) is 0.250. The lowest BCUT2D eigenvalue weighted by Gasteiger charge is -2.28. The van der Waals surface area contributed by atoms with Gasteiger partial charge in [0.2, 0.25) is 0 Å². The molecule has 0 spiro atoms. The Labute approximate surface area is 137 Å². The normalized spacial score (nSPS) is 13.5. The van der Waals surface area contributed by atoms with E-state index in [4.69, 9.17) is 16.3 Å². The van der Waals surface area contributed by atoms with Crippen molar-refractivity contribution in [2.45, 2.75) is 19.8 Å². The van der Waals surface area contributed by atoms with Gasteiger partial charge in [-0.3, -0.25) is 9.83 Å². The third-order valence-corrected chi connectivity index (χ3v) is 3.94. The summed E-state index contributed by atoms with van der Waals surface area (Å²) in [6, 6.07) is 16.7. The molecular formula is C20H20N2O. The largest absolute Gasteiger partial charge is 0.260 e. The molecule has 3 nitrogen and oxygen atoms in total. The average molecular weight is 304 g/mol. The Morgan fingerprint density at radius 3 is 2.61 bits per heavy atom. The van der Waals surface area contributed by atoms with Crippen molar-refractivity contribution in [1.29, 1.82) is 0 Å². The Hall–Kier alpha value is -2.57. The Balaban J connectivity index is 1.95. The molecule has 1 heterocycles. The van der Waals surface area contributed by atoms with E-state index in [9.17, 15) is 0 Å². The van der Waals surface area contributed by atoms with Crippen molar-refractivity contribution in [2.75, 3.05) is 18.3 Å². The fourth-order valence-electron chi connectivity index (χ4n) is 2.69. The van der Waals surface area contributed by atoms with Crippen LogP contribution in [-0.2, 0) is 4.84 Å². The SMILES string of the molecule is C#CCON1CN=C(c2ccc(C(C)C)cc2)c2ccccc21. The van der Waals surface area contributed by atoms with Crippen LogP contribution in [0.5, 0.6) is 0 Å². The average Bonchev–Trinajstić information content (AvgIpc) is 2.59. The van der Waals surface area contributed by atoms with Crippen LogP contribution in [0.4, 0.5) is 5.69 Å². The summed E-state index contributed by atoms with van der Waals surface area (Å²) >= 11 is 0. The highest BCUT2D eigenvalue weighted by atomic mass is 16.7. The molecule has 3 heteroatoms. The van der Waals surface area contributed by atoms with Crippen LogP contribution in [-0.4, -0.2) is 19.0 Å². The zero-order valence-electron chi connectivity index (χ0n) is 13.5. The quantitative estimate of drug-likeness (QED) is 0.798. The molecule has 2 aromatic carbocycles. The Morgan fingerprint density at radius 1 is 1.17 bits per heavy atom. The predicted molar refractivity (Wildman–Crippen MR) is 94.7 cm³/mol. The monoisotopic (exact) mass is 304 g/mol. The van der Waals surface area contributed by atoms with Crippen LogP contribution in [0.1, 0.15) is 36.5 Å². The summed E-state index contributed by atoms with van der Waals surface area (Å²) in [5.41, 5.74) is 5.51. The number of terminal acetylenes is 1. The number of anilines is 1. The molecule has 0 aliphatic carbocycles. The van der Waals surface area contributed by atoms with Crippen molar-refractivity contribution < 1.29 is 4.84 Å². The minimum atomic E-state index is 0.238. The van der Waals surface area contributed by atoms with E-state index < -0.39 is 0 Å². The highest BCUT2D eigenvalue weighted by Gasteiger charge is 2.21. The van der Waals surface area contributed by atoms with E-state index >= 15 is 0 Å². The zero-order chi connectivity index (χ0) is 16.2. The molecule has 0 unspecified atom stereocenters. The Morgan fingerprint density at radius 2 is 1.91 bits per heavy atom. The topological polar surface area (TPSA) is 24.8 Å². The van der Waals surface area contributed by atoms with Gasteiger partial charge in [-0.05, 0) is 17.5 Å². The summed E-state index contributed by atoms with van der Waals surface area (Å²) < 4.78 is 0. The van der Waals surface area contributed by atoms with Gasteiger partial charge in [-0.25, -0.2) is 5.06 Å². The molecule has 23 heavy (non-hydrogen) atoms. The number of para-hydroxylation sites is 1. The van der Waals surface area contributed by atoms with E-state index in [1.165, 1.54) is 5.56 Å². The maximum absolute atomic E-state index is 5.58. The molecule has 0 amide bonds. The van der Waals surface area contributed by atoms with Crippen LogP contribution in [0.15, 0.2) is 53.5 Å². The molecule has 0 atom stereocenters. The summed E-state index contributed by atoms with van der Waals surface area (Å²) in [6.45, 7) is 5.08. The molecule has 0 aromatic heterocycles. The number of hydrogen-bond donors (Lipinski definition) is 0. The van der Waals surface area contributed by atoms with Crippen LogP contribution in [0, 0.1) is 12.3 Å². The van der Waals surface area contributed by atoms with Gasteiger partial charge in [0.15, 0.2) is 0 Å². The van der Waals surface area contributed by atoms with Crippen molar-refractivity contribution in [3.8, 4) is 12.3 Å². The number of aliphatic imine (C=N–C) groups is 1. The van der Waals surface area contributed by atoms with Crippen LogP contribution in [0.3, 0.4) is 0 Å². The number of hydrogen-bond acceptors (Lipinski definition) is 3. The van der Waals surface area contributed by atoms with Gasteiger partial charge in [-0.2, -0.15) is 0 Å². The second-order valence-electron chi connectivity index (χ2n) is 5.80. The lowest BCUT2D eigenvalue weighted by atomic mass is 9.96. The molecule has 2 aromatic rings. The van der Waals surface area contributed by atoms with Gasteiger partial charge in [-0.15, -0.1) is 6.42 Å². The smallest absolute Gasteiger partial charge is 0.136 e. The molecule has 116 valence electrons. The van der Waals surface area contributed by atoms with Crippen LogP contribution < -0.4 is 5.06 Å². The number of rotatable bonds is 4. The zero-order valence-corrected chi connectivity index (χ0v) is 13.5. The van der Waals surface area contributed by atoms with Gasteiger partial charge in [0, 0.05) is 11.1 Å². The van der Waals surface area contributed by atoms with Crippen molar-refractivity contribution in [3.63, 3.8) is 0 Å². The summed E-state index contributed by atoms with van der Waals surface area (Å²) in [6.07, 6.45) is 5.29. The first-order chi connectivity index (χ1) is 11.2. The second kappa shape index (κ2) is 6.68. The maximum Gasteiger partial charge on any atom is 0.136 e. The first-order valence-electron chi connectivity index (χ1n) is 7.79. The third-order valence-electron chi connectivity index (χ3n) is 3.94. The van der Waals surface area contributed by atoms with Gasteiger partial charge in [0.05, 0.1) is 11.4 Å². The van der Waals surface area contributed by atoms with Gasteiger partial charge in [-0.1, -0.05) is 62.2 Å². The summed E-state index contributed by atoms with van der Waals surface area (Å²) in [7, 11) is 0. The second-order valence-corrected chi connectivity index (χ2v) is 5.80. The highest BCUT2D eigenvalue weighted by molar-refractivity contribution is 6.16. The molecule has 0 N–H and O–H groups in total. The molecule has 1 aliphatic heterocycles. The first-order valence-corrected chi connectivity index (χ1v) is 7.79. The maximum atomic E-state index is 5.58. The van der Waals surface area contributed by atoms with Crippen LogP contribution >= 0.6 is 0 Å². The molecular weight excluding hydrogens is 284 g/mol. The molecule has 0 radical (unpaired) electrons. The lowest BCUT2D eigenvalue weighted by molar-refractivity contribution is 0.139. The summed E-state index contributed by atoms with van der Waals surface area (Å²) in [5.74, 6) is 3.02. The predicted octanol–water partition coefficient (Wildman–Crippen LogP) is 3.99. The molecule has 0 saturated carbocycles. The van der Waals surface area contributed by atoms with Crippen LogP contribution in [0.25, 0.3) is 0 Å². The molecule has 0 saturated heterocycles. The van der Waals surface area contributed by atoms with Crippen molar-refractivity contribution in [3.05, 3.63) is 65.2 Å². The Kier molecular flexibility index (Phi) is 4.45. The van der Waals surface area contributed by atoms with Crippen molar-refractivity contribution in [1.82, 2.24) is 0 Å². The van der Waals surface area contributed by atoms with Gasteiger partial charge in [0.25, 0.3) is 0 Å². The minimum absolute atomic E-state index is 0.238. The van der Waals surface area contributed by atoms with E-state index in [1.807, 2.05) is 18.2 Å². The van der Waals surface area contributed by atoms with Gasteiger partial charge in [0.1, 0.15) is 13.3 Å². The Bertz CT molecular complexity index is 754. The van der Waals surface area contributed by atoms with E-state index in [0.717, 1.165) is 22.5 Å². The van der Waals surface area contributed by atoms with E-state index in [0.29, 0.717) is 12.6 Å². The number of fused-ring (bicyclic) bond motifs is 1. The third kappa shape index (κ3) is 3.13. The lowest BCUT2D eigenvalue weighted by Crippen LogP contribution is -2.30. The number of hydroxylamine groups is 1. The molecule has 3 rings (SSSR count). The summed E-state index contributed by atoms with van der Waals surface area (Å²) in [5, 5.41) is 1.75. The minimum Gasteiger partial charge on any atom is -0.260 e. The van der Waals surface area contributed by atoms with Crippen molar-refractivity contribution >= 4 is 11.4 Å². The van der Waals surface area contributed by atoms with Crippen LogP contribution in [0.2, 0.25) is 0 Å². The fourth-order valence-corrected chi connectivity index (χ4v) is 2.69. The van der Waals surface area contributed by atoms with Gasteiger partial charge < -0.3 is 0 Å². The van der Waals surface area contributed by atoms with E-state index in [1.54, 1.807) is 5.06 Å². The first kappa shape index (κ1) is 15.3. The molecule has 0 bridgehead atoms. The number of nitrogens with zero attached hydrogens (tertiary/aromatic N) is 2. The highest BCUT2D eigenvalue weighted by Crippen LogP contribution is 2.28. The van der Waals surface area contributed by atoms with E-state index in [2.05, 4.69) is 50.1 Å². The molecule has 0 fully saturated rings. The van der Waals surface area contributed by atoms with Crippen molar-refractivity contribution in [2.24, 2.45) is 4.99 Å². The standard InChI is InChI=1S/C20H20N2O/c1-4-13-23-22-14-21-20(18-7-5-6-8-19(18)22)17-11-9-16(10-12-17)15(2)3/h1,5-12,15H,13-14H2,2-3H3. The molecule has 1 aliphatic rings.